The number of nitriles is 1. The van der Waals surface area contributed by atoms with Crippen molar-refractivity contribution in [2.75, 3.05) is 4.90 Å². The molecule has 1 aliphatic heterocycles. The first kappa shape index (κ1) is 26.1. The average Bonchev–Trinajstić information content (AvgIpc) is 2.92. The van der Waals surface area contributed by atoms with Gasteiger partial charge in [-0.1, -0.05) is 18.2 Å². The van der Waals surface area contributed by atoms with Gasteiger partial charge in [-0.05, 0) is 60.9 Å². The number of carbonyl (C=O) groups excluding carboxylic acids is 2. The van der Waals surface area contributed by atoms with E-state index in [1.54, 1.807) is 0 Å². The summed E-state index contributed by atoms with van der Waals surface area (Å²) >= 11 is 0. The minimum atomic E-state index is -4.72. The predicted molar refractivity (Wildman–Crippen MR) is 132 cm³/mol. The molecule has 12 heteroatoms. The van der Waals surface area contributed by atoms with Gasteiger partial charge in [0.2, 0.25) is 0 Å². The van der Waals surface area contributed by atoms with Crippen LogP contribution < -0.4 is 4.90 Å². The highest BCUT2D eigenvalue weighted by Crippen LogP contribution is 2.46. The number of hydrogen-bond acceptors (Lipinski definition) is 6. The summed E-state index contributed by atoms with van der Waals surface area (Å²) in [6.45, 7) is 0. The molecule has 1 aromatic heterocycles. The molecular weight excluding hydrogens is 533 g/mol. The number of amides is 2. The van der Waals surface area contributed by atoms with E-state index in [-0.39, 0.29) is 45.8 Å². The highest BCUT2D eigenvalue weighted by Gasteiger charge is 2.50. The Morgan fingerprint density at radius 3 is 2.38 bits per heavy atom. The molecule has 0 N–H and O–H groups in total. The second-order valence-corrected chi connectivity index (χ2v) is 10.7. The Hall–Kier alpha value is -4.50. The van der Waals surface area contributed by atoms with Gasteiger partial charge in [-0.15, -0.1) is 0 Å². The maximum atomic E-state index is 14.1. The fraction of sp³-hybridized carbons (Fsp3) is 0.185. The predicted octanol–water partition coefficient (Wildman–Crippen LogP) is 5.35. The molecule has 2 heterocycles. The Balaban J connectivity index is 1.80. The van der Waals surface area contributed by atoms with Crippen molar-refractivity contribution in [3.8, 4) is 6.07 Å². The van der Waals surface area contributed by atoms with Crippen LogP contribution in [0.3, 0.4) is 0 Å². The van der Waals surface area contributed by atoms with Crippen LogP contribution in [0.25, 0.3) is 0 Å². The Kier molecular flexibility index (Phi) is 6.47. The minimum absolute atomic E-state index is 0.00423. The first-order chi connectivity index (χ1) is 18.5. The SMILES string of the molecule is N#Cc1ccc(C2C3=C(CCCC3=O)N(c3cccc(C(F)(F)F)c3)C(=O)N2S(=O)(=O)c2cccnc2)cc1. The van der Waals surface area contributed by atoms with Gasteiger partial charge in [0.15, 0.2) is 5.78 Å². The fourth-order valence-electron chi connectivity index (χ4n) is 4.82. The van der Waals surface area contributed by atoms with E-state index in [1.165, 1.54) is 48.7 Å². The summed E-state index contributed by atoms with van der Waals surface area (Å²) in [4.78, 5) is 31.9. The summed E-state index contributed by atoms with van der Waals surface area (Å²) in [5.74, 6) is -0.429. The lowest BCUT2D eigenvalue weighted by atomic mass is 9.84. The molecule has 1 atom stereocenters. The van der Waals surface area contributed by atoms with Gasteiger partial charge in [-0.3, -0.25) is 14.7 Å². The number of benzene rings is 2. The smallest absolute Gasteiger partial charge is 0.294 e. The van der Waals surface area contributed by atoms with Crippen LogP contribution in [0, 0.1) is 11.3 Å². The molecule has 0 fully saturated rings. The van der Waals surface area contributed by atoms with Gasteiger partial charge in [0.05, 0.1) is 22.9 Å². The van der Waals surface area contributed by atoms with Crippen molar-refractivity contribution in [2.45, 2.75) is 36.4 Å². The van der Waals surface area contributed by atoms with E-state index in [2.05, 4.69) is 4.98 Å². The minimum Gasteiger partial charge on any atom is -0.294 e. The van der Waals surface area contributed by atoms with E-state index in [0.717, 1.165) is 29.3 Å². The number of nitrogens with zero attached hydrogens (tertiary/aromatic N) is 4. The molecule has 8 nitrogen and oxygen atoms in total. The number of hydrogen-bond donors (Lipinski definition) is 0. The number of halogens is 3. The maximum Gasteiger partial charge on any atom is 0.416 e. The Bertz CT molecular complexity index is 1650. The molecule has 0 spiro atoms. The van der Waals surface area contributed by atoms with E-state index in [1.807, 2.05) is 6.07 Å². The van der Waals surface area contributed by atoms with Gasteiger partial charge in [0.25, 0.3) is 10.0 Å². The first-order valence-corrected chi connectivity index (χ1v) is 13.2. The van der Waals surface area contributed by atoms with Crippen molar-refractivity contribution in [3.63, 3.8) is 0 Å². The monoisotopic (exact) mass is 552 g/mol. The number of pyridine rings is 1. The zero-order chi connectivity index (χ0) is 27.9. The van der Waals surface area contributed by atoms with E-state index in [9.17, 15) is 36.4 Å². The third-order valence-electron chi connectivity index (χ3n) is 6.56. The van der Waals surface area contributed by atoms with Crippen molar-refractivity contribution in [1.82, 2.24) is 9.29 Å². The van der Waals surface area contributed by atoms with Gasteiger partial charge < -0.3 is 0 Å². The van der Waals surface area contributed by atoms with Crippen LogP contribution in [-0.2, 0) is 21.0 Å². The van der Waals surface area contributed by atoms with Crippen molar-refractivity contribution in [3.05, 3.63) is 101 Å². The number of Topliss-reactive ketones (excluding diaryl/α,β-unsaturated/α-hetero) is 1. The standard InChI is InChI=1S/C27H19F3N4O4S/c28-27(29,30)19-4-1-5-20(14-19)33-22-7-2-8-23(35)24(22)25(18-11-9-17(15-31)10-12-18)34(26(33)36)39(37,38)21-6-3-13-32-16-21/h1,3-6,9-14,16,25H,2,7-8H2. The van der Waals surface area contributed by atoms with Crippen LogP contribution >= 0.6 is 0 Å². The van der Waals surface area contributed by atoms with Gasteiger partial charge >= 0.3 is 12.2 Å². The second-order valence-electron chi connectivity index (χ2n) is 8.93. The van der Waals surface area contributed by atoms with Crippen molar-refractivity contribution in [2.24, 2.45) is 0 Å². The van der Waals surface area contributed by atoms with Gasteiger partial charge in [0, 0.05) is 30.1 Å². The largest absolute Gasteiger partial charge is 0.416 e. The van der Waals surface area contributed by atoms with Crippen molar-refractivity contribution >= 4 is 27.5 Å². The number of carbonyl (C=O) groups is 2. The van der Waals surface area contributed by atoms with Gasteiger partial charge in [0.1, 0.15) is 10.9 Å². The van der Waals surface area contributed by atoms with E-state index >= 15 is 0 Å². The molecule has 1 unspecified atom stereocenters. The van der Waals surface area contributed by atoms with Crippen molar-refractivity contribution < 1.29 is 31.2 Å². The normalized spacial score (nSPS) is 18.2. The Labute approximate surface area is 221 Å². The molecule has 39 heavy (non-hydrogen) atoms. The van der Waals surface area contributed by atoms with Crippen LogP contribution in [0.15, 0.2) is 89.2 Å². The van der Waals surface area contributed by atoms with Crippen LogP contribution in [0.2, 0.25) is 0 Å². The van der Waals surface area contributed by atoms with Crippen LogP contribution in [0.5, 0.6) is 0 Å². The molecule has 198 valence electrons. The number of aromatic nitrogens is 1. The topological polar surface area (TPSA) is 111 Å². The summed E-state index contributed by atoms with van der Waals surface area (Å²) in [5.41, 5.74) is -0.591. The molecule has 0 radical (unpaired) electrons. The van der Waals surface area contributed by atoms with Gasteiger partial charge in [-0.2, -0.15) is 18.4 Å². The first-order valence-electron chi connectivity index (χ1n) is 11.8. The number of anilines is 1. The molecule has 0 bridgehead atoms. The third-order valence-corrected chi connectivity index (χ3v) is 8.29. The van der Waals surface area contributed by atoms with Crippen LogP contribution in [0.4, 0.5) is 23.7 Å². The summed E-state index contributed by atoms with van der Waals surface area (Å²) in [5, 5.41) is 9.21. The average molecular weight is 553 g/mol. The number of urea groups is 1. The Morgan fingerprint density at radius 1 is 1.00 bits per heavy atom. The molecule has 2 aromatic carbocycles. The molecule has 2 amide bonds. The summed E-state index contributed by atoms with van der Waals surface area (Å²) in [6, 6.07) is 11.7. The molecule has 0 saturated heterocycles. The zero-order valence-electron chi connectivity index (χ0n) is 20.1. The molecule has 3 aromatic rings. The van der Waals surface area contributed by atoms with E-state index < -0.39 is 39.6 Å². The number of ketones is 1. The maximum absolute atomic E-state index is 14.1. The Morgan fingerprint density at radius 2 is 1.74 bits per heavy atom. The lowest BCUT2D eigenvalue weighted by molar-refractivity contribution is -0.137. The summed E-state index contributed by atoms with van der Waals surface area (Å²) < 4.78 is 69.1. The number of rotatable bonds is 4. The molecule has 1 aliphatic carbocycles. The van der Waals surface area contributed by atoms with Gasteiger partial charge in [-0.25, -0.2) is 17.5 Å². The van der Waals surface area contributed by atoms with Crippen LogP contribution in [-0.4, -0.2) is 29.5 Å². The molecule has 0 saturated carbocycles. The zero-order valence-corrected chi connectivity index (χ0v) is 20.9. The molecular formula is C27H19F3N4O4S. The molecule has 5 rings (SSSR count). The number of allylic oxidation sites excluding steroid dienone is 1. The van der Waals surface area contributed by atoms with Crippen molar-refractivity contribution in [1.29, 1.82) is 5.26 Å². The fourth-order valence-corrected chi connectivity index (χ4v) is 6.28. The number of sulfonamides is 1. The highest BCUT2D eigenvalue weighted by molar-refractivity contribution is 7.89. The third kappa shape index (κ3) is 4.55. The summed E-state index contributed by atoms with van der Waals surface area (Å²) in [7, 11) is -4.67. The van der Waals surface area contributed by atoms with E-state index in [0.29, 0.717) is 10.7 Å². The number of alkyl halides is 3. The lowest BCUT2D eigenvalue weighted by Crippen LogP contribution is -2.54. The van der Waals surface area contributed by atoms with E-state index in [4.69, 9.17) is 0 Å². The quantitative estimate of drug-likeness (QED) is 0.431. The highest BCUT2D eigenvalue weighted by atomic mass is 32.2. The second kappa shape index (κ2) is 9.67. The molecule has 2 aliphatic rings. The summed E-state index contributed by atoms with van der Waals surface area (Å²) in [6.07, 6.45) is -1.78. The lowest BCUT2D eigenvalue weighted by Gasteiger charge is -2.44. The van der Waals surface area contributed by atoms with Crippen LogP contribution in [0.1, 0.15) is 42.0 Å².